The Morgan fingerprint density at radius 1 is 1.42 bits per heavy atom. The Kier molecular flexibility index (Phi) is 4.39. The highest BCUT2D eigenvalue weighted by molar-refractivity contribution is 5.71. The first-order valence-corrected chi connectivity index (χ1v) is 6.45. The Morgan fingerprint density at radius 2 is 2.16 bits per heavy atom. The maximum atomic E-state index is 11.2. The van der Waals surface area contributed by atoms with Crippen LogP contribution in [0, 0.1) is 5.92 Å². The molecule has 2 unspecified atom stereocenters. The third kappa shape index (κ3) is 3.05. The van der Waals surface area contributed by atoms with Crippen molar-refractivity contribution >= 4 is 5.97 Å². The minimum Gasteiger partial charge on any atom is -0.508 e. The molecule has 5 heteroatoms. The molecule has 104 valence electrons. The van der Waals surface area contributed by atoms with Crippen molar-refractivity contribution in [3.8, 4) is 5.75 Å². The van der Waals surface area contributed by atoms with Gasteiger partial charge in [-0.25, -0.2) is 0 Å². The van der Waals surface area contributed by atoms with E-state index in [0.29, 0.717) is 19.7 Å². The molecule has 0 saturated carbocycles. The molecule has 0 aliphatic carbocycles. The monoisotopic (exact) mass is 265 g/mol. The van der Waals surface area contributed by atoms with Crippen LogP contribution in [-0.2, 0) is 16.1 Å². The average molecular weight is 265 g/mol. The molecule has 1 aromatic rings. The van der Waals surface area contributed by atoms with E-state index in [1.165, 1.54) is 0 Å². The van der Waals surface area contributed by atoms with Gasteiger partial charge in [0.15, 0.2) is 0 Å². The van der Waals surface area contributed by atoms with Crippen LogP contribution in [0.3, 0.4) is 0 Å². The van der Waals surface area contributed by atoms with Crippen LogP contribution in [0.1, 0.15) is 12.5 Å². The number of nitrogens with zero attached hydrogens (tertiary/aromatic N) is 1. The van der Waals surface area contributed by atoms with Crippen molar-refractivity contribution in [2.75, 3.05) is 19.8 Å². The van der Waals surface area contributed by atoms with Crippen LogP contribution in [0.5, 0.6) is 5.75 Å². The third-order valence-electron chi connectivity index (χ3n) is 3.61. The Hall–Kier alpha value is -1.59. The number of benzene rings is 1. The minimum atomic E-state index is -0.821. The lowest BCUT2D eigenvalue weighted by molar-refractivity contribution is -0.143. The zero-order chi connectivity index (χ0) is 13.8. The summed E-state index contributed by atoms with van der Waals surface area (Å²) in [5.41, 5.74) is 0.806. The lowest BCUT2D eigenvalue weighted by atomic mass is 10.0. The second-order valence-corrected chi connectivity index (χ2v) is 4.74. The molecule has 5 nitrogen and oxygen atoms in total. The van der Waals surface area contributed by atoms with Gasteiger partial charge in [0, 0.05) is 18.2 Å². The number of carboxylic acid groups (broad SMARTS) is 1. The molecule has 2 rings (SSSR count). The summed E-state index contributed by atoms with van der Waals surface area (Å²) in [5, 5.41) is 19.0. The van der Waals surface area contributed by atoms with Gasteiger partial charge in [-0.15, -0.1) is 0 Å². The summed E-state index contributed by atoms with van der Waals surface area (Å²) in [4.78, 5) is 13.2. The molecule has 0 radical (unpaired) electrons. The third-order valence-corrected chi connectivity index (χ3v) is 3.61. The number of ether oxygens (including phenoxy) is 1. The number of rotatable bonds is 5. The summed E-state index contributed by atoms with van der Waals surface area (Å²) in [6.45, 7) is 3.92. The highest BCUT2D eigenvalue weighted by Gasteiger charge is 2.37. The Bertz CT molecular complexity index is 449. The predicted octanol–water partition coefficient (Wildman–Crippen LogP) is 1.31. The van der Waals surface area contributed by atoms with Gasteiger partial charge in [0.05, 0.1) is 19.1 Å². The van der Waals surface area contributed by atoms with Gasteiger partial charge in [0.1, 0.15) is 5.75 Å². The number of hydrogen-bond donors (Lipinski definition) is 2. The van der Waals surface area contributed by atoms with Gasteiger partial charge >= 0.3 is 5.97 Å². The van der Waals surface area contributed by atoms with Crippen LogP contribution < -0.4 is 0 Å². The van der Waals surface area contributed by atoms with E-state index in [-0.39, 0.29) is 18.4 Å². The van der Waals surface area contributed by atoms with Crippen LogP contribution in [0.4, 0.5) is 0 Å². The summed E-state index contributed by atoms with van der Waals surface area (Å²) >= 11 is 0. The van der Waals surface area contributed by atoms with Gasteiger partial charge in [-0.2, -0.15) is 0 Å². The standard InChI is InChI=1S/C14H19NO4/c1-2-15(7-10-5-3-4-6-13(10)16)12-9-19-8-11(12)14(17)18/h3-6,11-12,16H,2,7-9H2,1H3,(H,17,18). The van der Waals surface area contributed by atoms with Crippen LogP contribution in [0.15, 0.2) is 24.3 Å². The van der Waals surface area contributed by atoms with Gasteiger partial charge in [0.2, 0.25) is 0 Å². The van der Waals surface area contributed by atoms with E-state index in [9.17, 15) is 15.0 Å². The normalized spacial score (nSPS) is 22.8. The fourth-order valence-electron chi connectivity index (χ4n) is 2.47. The lowest BCUT2D eigenvalue weighted by Gasteiger charge is -2.29. The van der Waals surface area contributed by atoms with E-state index in [0.717, 1.165) is 5.56 Å². The first kappa shape index (κ1) is 13.8. The van der Waals surface area contributed by atoms with E-state index in [4.69, 9.17) is 4.74 Å². The highest BCUT2D eigenvalue weighted by atomic mass is 16.5. The van der Waals surface area contributed by atoms with Gasteiger partial charge in [-0.1, -0.05) is 25.1 Å². The smallest absolute Gasteiger partial charge is 0.310 e. The second kappa shape index (κ2) is 6.04. The highest BCUT2D eigenvalue weighted by Crippen LogP contribution is 2.24. The Balaban J connectivity index is 2.12. The summed E-state index contributed by atoms with van der Waals surface area (Å²) in [6.07, 6.45) is 0. The molecule has 1 aliphatic rings. The second-order valence-electron chi connectivity index (χ2n) is 4.74. The van der Waals surface area contributed by atoms with Crippen LogP contribution in [0.2, 0.25) is 0 Å². The van der Waals surface area contributed by atoms with Gasteiger partial charge in [-0.05, 0) is 12.6 Å². The average Bonchev–Trinajstić information content (AvgIpc) is 2.87. The van der Waals surface area contributed by atoms with Crippen molar-refractivity contribution in [2.45, 2.75) is 19.5 Å². The number of aromatic hydroxyl groups is 1. The van der Waals surface area contributed by atoms with Gasteiger partial charge < -0.3 is 14.9 Å². The molecule has 2 atom stereocenters. The van der Waals surface area contributed by atoms with Crippen molar-refractivity contribution < 1.29 is 19.7 Å². The number of likely N-dealkylation sites (N-methyl/N-ethyl adjacent to an activating group) is 1. The van der Waals surface area contributed by atoms with Crippen molar-refractivity contribution in [3.05, 3.63) is 29.8 Å². The van der Waals surface area contributed by atoms with E-state index in [1.807, 2.05) is 24.0 Å². The maximum Gasteiger partial charge on any atom is 0.310 e. The fraction of sp³-hybridized carbons (Fsp3) is 0.500. The number of hydrogen-bond acceptors (Lipinski definition) is 4. The first-order chi connectivity index (χ1) is 9.13. The van der Waals surface area contributed by atoms with E-state index in [2.05, 4.69) is 0 Å². The van der Waals surface area contributed by atoms with Crippen molar-refractivity contribution in [1.29, 1.82) is 0 Å². The van der Waals surface area contributed by atoms with Gasteiger partial charge in [0.25, 0.3) is 0 Å². The zero-order valence-corrected chi connectivity index (χ0v) is 11.0. The molecule has 0 bridgehead atoms. The molecule has 1 heterocycles. The fourth-order valence-corrected chi connectivity index (χ4v) is 2.47. The number of phenolic OH excluding ortho intramolecular Hbond substituents is 1. The molecule has 1 aliphatic heterocycles. The van der Waals surface area contributed by atoms with Crippen LogP contribution in [0.25, 0.3) is 0 Å². The molecule has 19 heavy (non-hydrogen) atoms. The molecule has 0 amide bonds. The summed E-state index contributed by atoms with van der Waals surface area (Å²) in [5.74, 6) is -1.07. The Morgan fingerprint density at radius 3 is 2.79 bits per heavy atom. The summed E-state index contributed by atoms with van der Waals surface area (Å²) < 4.78 is 5.30. The van der Waals surface area contributed by atoms with E-state index >= 15 is 0 Å². The quantitative estimate of drug-likeness (QED) is 0.840. The molecule has 0 spiro atoms. The molecule has 2 N–H and O–H groups in total. The Labute approximate surface area is 112 Å². The van der Waals surface area contributed by atoms with Gasteiger partial charge in [-0.3, -0.25) is 9.69 Å². The number of carbonyl (C=O) groups is 1. The largest absolute Gasteiger partial charge is 0.508 e. The number of carboxylic acids is 1. The van der Waals surface area contributed by atoms with Crippen LogP contribution >= 0.6 is 0 Å². The number of para-hydroxylation sites is 1. The molecule has 1 aromatic carbocycles. The van der Waals surface area contributed by atoms with Crippen molar-refractivity contribution in [3.63, 3.8) is 0 Å². The predicted molar refractivity (Wildman–Crippen MR) is 69.9 cm³/mol. The number of aliphatic carboxylic acids is 1. The van der Waals surface area contributed by atoms with Crippen molar-refractivity contribution in [2.24, 2.45) is 5.92 Å². The maximum absolute atomic E-state index is 11.2. The summed E-state index contributed by atoms with van der Waals surface area (Å²) in [7, 11) is 0. The summed E-state index contributed by atoms with van der Waals surface area (Å²) in [6, 6.07) is 6.99. The SMILES string of the molecule is CCN(Cc1ccccc1O)C1COCC1C(=O)O. The minimum absolute atomic E-state index is 0.137. The van der Waals surface area contributed by atoms with Crippen LogP contribution in [-0.4, -0.2) is 46.9 Å². The molecule has 0 aromatic heterocycles. The molecule has 1 saturated heterocycles. The zero-order valence-electron chi connectivity index (χ0n) is 11.0. The molecular formula is C14H19NO4. The first-order valence-electron chi connectivity index (χ1n) is 6.45. The van der Waals surface area contributed by atoms with Crippen molar-refractivity contribution in [1.82, 2.24) is 4.90 Å². The van der Waals surface area contributed by atoms with E-state index < -0.39 is 11.9 Å². The van der Waals surface area contributed by atoms with E-state index in [1.54, 1.807) is 12.1 Å². The topological polar surface area (TPSA) is 70.0 Å². The lowest BCUT2D eigenvalue weighted by Crippen LogP contribution is -2.42. The number of phenols is 1. The molecular weight excluding hydrogens is 246 g/mol. The molecule has 1 fully saturated rings.